The molecule has 0 saturated heterocycles. The third-order valence-corrected chi connectivity index (χ3v) is 4.15. The van der Waals surface area contributed by atoms with Gasteiger partial charge in [0.2, 0.25) is 0 Å². The fourth-order valence-electron chi connectivity index (χ4n) is 2.79. The maximum absolute atomic E-state index is 10.0. The molecule has 0 aliphatic heterocycles. The molecule has 2 aromatic carbocycles. The molecule has 3 aromatic rings. The Hall–Kier alpha value is -2.30. The van der Waals surface area contributed by atoms with E-state index in [2.05, 4.69) is 34.7 Å². The van der Waals surface area contributed by atoms with Crippen LogP contribution in [-0.2, 0) is 6.42 Å². The van der Waals surface area contributed by atoms with Crippen molar-refractivity contribution in [2.45, 2.75) is 19.4 Å². The molecule has 4 nitrogen and oxygen atoms in total. The molecule has 1 heterocycles. The van der Waals surface area contributed by atoms with Crippen molar-refractivity contribution in [3.63, 3.8) is 0 Å². The minimum atomic E-state index is -0.521. The highest BCUT2D eigenvalue weighted by atomic mass is 16.5. The summed E-state index contributed by atoms with van der Waals surface area (Å²) in [4.78, 5) is 3.28. The lowest BCUT2D eigenvalue weighted by Gasteiger charge is -2.14. The van der Waals surface area contributed by atoms with E-state index in [1.54, 1.807) is 0 Å². The van der Waals surface area contributed by atoms with Crippen molar-refractivity contribution in [3.05, 3.63) is 65.9 Å². The van der Waals surface area contributed by atoms with E-state index in [1.165, 1.54) is 16.5 Å². The van der Waals surface area contributed by atoms with Crippen LogP contribution in [0.3, 0.4) is 0 Å². The molecule has 0 aliphatic carbocycles. The highest BCUT2D eigenvalue weighted by molar-refractivity contribution is 5.83. The summed E-state index contributed by atoms with van der Waals surface area (Å²) in [6, 6.07) is 16.1. The van der Waals surface area contributed by atoms with Crippen molar-refractivity contribution in [2.24, 2.45) is 0 Å². The number of hydrogen-bond donors (Lipinski definition) is 3. The van der Waals surface area contributed by atoms with E-state index in [-0.39, 0.29) is 0 Å². The van der Waals surface area contributed by atoms with Gasteiger partial charge in [-0.15, -0.1) is 0 Å². The highest BCUT2D eigenvalue weighted by Crippen LogP contribution is 2.18. The lowest BCUT2D eigenvalue weighted by atomic mass is 10.1. The molecular weight excluding hydrogens is 300 g/mol. The molecule has 0 aliphatic rings. The molecule has 0 bridgehead atoms. The Morgan fingerprint density at radius 1 is 1.12 bits per heavy atom. The number of aromatic nitrogens is 1. The summed E-state index contributed by atoms with van der Waals surface area (Å²) in [6.07, 6.45) is 2.46. The molecule has 4 heteroatoms. The van der Waals surface area contributed by atoms with Crippen LogP contribution in [0.1, 0.15) is 11.1 Å². The van der Waals surface area contributed by atoms with Gasteiger partial charge in [-0.05, 0) is 43.1 Å². The van der Waals surface area contributed by atoms with Gasteiger partial charge in [0.15, 0.2) is 0 Å². The normalized spacial score (nSPS) is 12.4. The Morgan fingerprint density at radius 3 is 2.79 bits per heavy atom. The summed E-state index contributed by atoms with van der Waals surface area (Å²) in [5, 5.41) is 14.6. The van der Waals surface area contributed by atoms with Gasteiger partial charge in [-0.2, -0.15) is 0 Å². The number of para-hydroxylation sites is 2. The van der Waals surface area contributed by atoms with Gasteiger partial charge in [-0.25, -0.2) is 0 Å². The van der Waals surface area contributed by atoms with Crippen LogP contribution in [0.4, 0.5) is 0 Å². The zero-order valence-corrected chi connectivity index (χ0v) is 14.0. The third kappa shape index (κ3) is 4.16. The van der Waals surface area contributed by atoms with Crippen molar-refractivity contribution in [3.8, 4) is 5.75 Å². The predicted octanol–water partition coefficient (Wildman–Crippen LogP) is 3.05. The lowest BCUT2D eigenvalue weighted by molar-refractivity contribution is 0.106. The fourth-order valence-corrected chi connectivity index (χ4v) is 2.79. The first kappa shape index (κ1) is 16.6. The first-order valence-corrected chi connectivity index (χ1v) is 8.36. The highest BCUT2D eigenvalue weighted by Gasteiger charge is 2.07. The van der Waals surface area contributed by atoms with E-state index in [9.17, 15) is 5.11 Å². The van der Waals surface area contributed by atoms with E-state index in [1.807, 2.05) is 37.3 Å². The summed E-state index contributed by atoms with van der Waals surface area (Å²) >= 11 is 0. The minimum absolute atomic E-state index is 0.297. The van der Waals surface area contributed by atoms with Crippen molar-refractivity contribution < 1.29 is 9.84 Å². The zero-order valence-electron chi connectivity index (χ0n) is 14.0. The second kappa shape index (κ2) is 7.99. The summed E-state index contributed by atoms with van der Waals surface area (Å²) in [5.41, 5.74) is 3.54. The second-order valence-electron chi connectivity index (χ2n) is 6.04. The lowest BCUT2D eigenvalue weighted by Crippen LogP contribution is -2.32. The monoisotopic (exact) mass is 324 g/mol. The van der Waals surface area contributed by atoms with Crippen LogP contribution in [0.5, 0.6) is 5.75 Å². The quantitative estimate of drug-likeness (QED) is 0.558. The number of aliphatic hydroxyl groups is 1. The second-order valence-corrected chi connectivity index (χ2v) is 6.04. The van der Waals surface area contributed by atoms with E-state index >= 15 is 0 Å². The average Bonchev–Trinajstić information content (AvgIpc) is 3.01. The molecule has 3 N–H and O–H groups in total. The smallest absolute Gasteiger partial charge is 0.122 e. The third-order valence-electron chi connectivity index (χ3n) is 4.15. The Morgan fingerprint density at radius 2 is 1.92 bits per heavy atom. The molecule has 24 heavy (non-hydrogen) atoms. The Labute approximate surface area is 142 Å². The fraction of sp³-hybridized carbons (Fsp3) is 0.300. The van der Waals surface area contributed by atoms with E-state index in [4.69, 9.17) is 4.74 Å². The van der Waals surface area contributed by atoms with Gasteiger partial charge in [0.1, 0.15) is 18.5 Å². The van der Waals surface area contributed by atoms with Crippen LogP contribution in [-0.4, -0.2) is 35.9 Å². The standard InChI is InChI=1S/C20H24N2O2/c1-15-6-2-5-9-20(15)24-14-17(23)13-21-11-10-16-12-22-19-8-4-3-7-18(16)19/h2-9,12,17,21-23H,10-11,13-14H2,1H3. The first-order chi connectivity index (χ1) is 11.7. The number of H-pyrrole nitrogens is 1. The average molecular weight is 324 g/mol. The number of aliphatic hydroxyl groups excluding tert-OH is 1. The van der Waals surface area contributed by atoms with Crippen molar-refractivity contribution in [1.29, 1.82) is 0 Å². The number of aryl methyl sites for hydroxylation is 1. The van der Waals surface area contributed by atoms with Gasteiger partial charge in [0.25, 0.3) is 0 Å². The van der Waals surface area contributed by atoms with Crippen LogP contribution in [0.2, 0.25) is 0 Å². The molecule has 3 rings (SSSR count). The number of ether oxygens (including phenoxy) is 1. The summed E-state index contributed by atoms with van der Waals surface area (Å²) in [5.74, 6) is 0.829. The largest absolute Gasteiger partial charge is 0.491 e. The Balaban J connectivity index is 1.39. The zero-order chi connectivity index (χ0) is 16.8. The van der Waals surface area contributed by atoms with Crippen LogP contribution >= 0.6 is 0 Å². The summed E-state index contributed by atoms with van der Waals surface area (Å²) in [7, 11) is 0. The van der Waals surface area contributed by atoms with Gasteiger partial charge < -0.3 is 20.1 Å². The van der Waals surface area contributed by atoms with Crippen molar-refractivity contribution >= 4 is 10.9 Å². The predicted molar refractivity (Wildman–Crippen MR) is 97.6 cm³/mol. The number of benzene rings is 2. The molecule has 1 aromatic heterocycles. The molecule has 1 atom stereocenters. The number of fused-ring (bicyclic) bond motifs is 1. The van der Waals surface area contributed by atoms with Gasteiger partial charge in [-0.1, -0.05) is 36.4 Å². The van der Waals surface area contributed by atoms with Gasteiger partial charge >= 0.3 is 0 Å². The molecule has 0 radical (unpaired) electrons. The maximum Gasteiger partial charge on any atom is 0.122 e. The molecule has 0 amide bonds. The topological polar surface area (TPSA) is 57.3 Å². The first-order valence-electron chi connectivity index (χ1n) is 8.36. The molecule has 1 unspecified atom stereocenters. The van der Waals surface area contributed by atoms with Crippen LogP contribution in [0, 0.1) is 6.92 Å². The van der Waals surface area contributed by atoms with E-state index < -0.39 is 6.10 Å². The Kier molecular flexibility index (Phi) is 5.51. The molecular formula is C20H24N2O2. The van der Waals surface area contributed by atoms with Gasteiger partial charge in [0.05, 0.1) is 0 Å². The number of aromatic amines is 1. The van der Waals surface area contributed by atoms with Crippen LogP contribution in [0.15, 0.2) is 54.7 Å². The molecule has 0 spiro atoms. The summed E-state index contributed by atoms with van der Waals surface area (Å²) in [6.45, 7) is 3.64. The minimum Gasteiger partial charge on any atom is -0.491 e. The summed E-state index contributed by atoms with van der Waals surface area (Å²) < 4.78 is 5.66. The van der Waals surface area contributed by atoms with E-state index in [0.29, 0.717) is 13.2 Å². The maximum atomic E-state index is 10.0. The van der Waals surface area contributed by atoms with E-state index in [0.717, 1.165) is 24.3 Å². The molecule has 126 valence electrons. The van der Waals surface area contributed by atoms with Crippen LogP contribution in [0.25, 0.3) is 10.9 Å². The molecule has 0 saturated carbocycles. The Bertz CT molecular complexity index is 782. The van der Waals surface area contributed by atoms with Gasteiger partial charge in [-0.3, -0.25) is 0 Å². The van der Waals surface area contributed by atoms with Gasteiger partial charge in [0, 0.05) is 23.6 Å². The van der Waals surface area contributed by atoms with Crippen molar-refractivity contribution in [1.82, 2.24) is 10.3 Å². The van der Waals surface area contributed by atoms with Crippen LogP contribution < -0.4 is 10.1 Å². The molecule has 0 fully saturated rings. The number of nitrogens with one attached hydrogen (secondary N) is 2. The number of hydrogen-bond acceptors (Lipinski definition) is 3. The number of rotatable bonds is 8. The van der Waals surface area contributed by atoms with Crippen molar-refractivity contribution in [2.75, 3.05) is 19.7 Å². The SMILES string of the molecule is Cc1ccccc1OCC(O)CNCCc1c[nH]c2ccccc12.